The van der Waals surface area contributed by atoms with Crippen molar-refractivity contribution in [3.63, 3.8) is 0 Å². The molecule has 0 radical (unpaired) electrons. The molecule has 2 aromatic carbocycles. The first-order valence-electron chi connectivity index (χ1n) is 13.1. The lowest BCUT2D eigenvalue weighted by atomic mass is 10.00. The van der Waals surface area contributed by atoms with Gasteiger partial charge in [-0.05, 0) is 36.4 Å². The average Bonchev–Trinajstić information content (AvgIpc) is 3.61. The van der Waals surface area contributed by atoms with Crippen molar-refractivity contribution in [3.8, 4) is 23.7 Å². The Morgan fingerprint density at radius 3 is 2.52 bits per heavy atom. The monoisotopic (exact) mass is 591 g/mol. The van der Waals surface area contributed by atoms with Crippen molar-refractivity contribution in [3.05, 3.63) is 118 Å². The predicted molar refractivity (Wildman–Crippen MR) is 154 cm³/mol. The summed E-state index contributed by atoms with van der Waals surface area (Å²) in [6, 6.07) is 6.07. The first kappa shape index (κ1) is 28.0. The number of primary amides is 1. The van der Waals surface area contributed by atoms with E-state index in [2.05, 4.69) is 43.6 Å². The molecule has 1 atom stereocenters. The summed E-state index contributed by atoms with van der Waals surface area (Å²) < 4.78 is 44.7. The van der Waals surface area contributed by atoms with E-state index in [0.717, 1.165) is 18.2 Å². The van der Waals surface area contributed by atoms with Crippen LogP contribution in [0.25, 0.3) is 11.0 Å². The summed E-state index contributed by atoms with van der Waals surface area (Å²) in [6.45, 7) is -0.217. The summed E-state index contributed by atoms with van der Waals surface area (Å²) in [7, 11) is 0. The number of nitrogens with one attached hydrogen (secondary N) is 1. The number of benzene rings is 2. The Bertz CT molecular complexity index is 2100. The topological polar surface area (TPSA) is 144 Å². The quantitative estimate of drug-likeness (QED) is 0.270. The van der Waals surface area contributed by atoms with Crippen LogP contribution in [0.2, 0.25) is 0 Å². The van der Waals surface area contributed by atoms with Gasteiger partial charge in [0.1, 0.15) is 23.1 Å². The molecule has 216 valence electrons. The minimum absolute atomic E-state index is 0.0387. The molecular weight excluding hydrogens is 571 g/mol. The van der Waals surface area contributed by atoms with E-state index < -0.39 is 35.3 Å². The van der Waals surface area contributed by atoms with Crippen LogP contribution in [0.1, 0.15) is 61.0 Å². The lowest BCUT2D eigenvalue weighted by molar-refractivity contribution is 0.0700. The molecule has 5 aromatic rings. The molecule has 0 aliphatic carbocycles. The van der Waals surface area contributed by atoms with Crippen LogP contribution in [0.5, 0.6) is 0 Å². The number of hydrogen-bond acceptors (Lipinski definition) is 6. The van der Waals surface area contributed by atoms with E-state index in [1.807, 2.05) is 0 Å². The predicted octanol–water partition coefficient (Wildman–Crippen LogP) is 3.99. The first-order chi connectivity index (χ1) is 21.2. The number of carbonyl (C=O) groups excluding carboxylic acids is 2. The van der Waals surface area contributed by atoms with E-state index in [4.69, 9.17) is 11.5 Å². The van der Waals surface area contributed by atoms with Crippen LogP contribution in [-0.4, -0.2) is 36.7 Å². The fourth-order valence-corrected chi connectivity index (χ4v) is 4.98. The van der Waals surface area contributed by atoms with Crippen LogP contribution >= 0.6 is 0 Å². The van der Waals surface area contributed by atoms with Crippen molar-refractivity contribution in [2.45, 2.75) is 19.0 Å². The van der Waals surface area contributed by atoms with Gasteiger partial charge in [0.2, 0.25) is 5.95 Å². The number of amides is 2. The van der Waals surface area contributed by atoms with Crippen LogP contribution in [0.15, 0.2) is 61.2 Å². The van der Waals surface area contributed by atoms with E-state index in [9.17, 15) is 14.0 Å². The minimum Gasteiger partial charge on any atom is -0.368 e. The molecule has 9 nitrogen and oxygen atoms in total. The molecule has 0 saturated carbocycles. The van der Waals surface area contributed by atoms with Gasteiger partial charge in [0.25, 0.3) is 11.8 Å². The molecule has 0 bridgehead atoms. The Morgan fingerprint density at radius 2 is 1.75 bits per heavy atom. The Labute approximate surface area is 248 Å². The van der Waals surface area contributed by atoms with Crippen LogP contribution < -0.4 is 11.5 Å². The number of nitrogens with two attached hydrogens (primary N) is 2. The fourth-order valence-electron chi connectivity index (χ4n) is 4.98. The lowest BCUT2D eigenvalue weighted by Crippen LogP contribution is -2.30. The number of nitrogens with zero attached hydrogens (tertiary/aromatic N) is 4. The molecule has 44 heavy (non-hydrogen) atoms. The minimum atomic E-state index is -1.11. The van der Waals surface area contributed by atoms with Crippen molar-refractivity contribution >= 4 is 28.8 Å². The van der Waals surface area contributed by atoms with Gasteiger partial charge in [0.15, 0.2) is 0 Å². The Balaban J connectivity index is 1.37. The highest BCUT2D eigenvalue weighted by atomic mass is 19.1. The molecule has 6 rings (SSSR count). The average molecular weight is 592 g/mol. The van der Waals surface area contributed by atoms with E-state index >= 15 is 8.78 Å². The molecule has 5 N–H and O–H groups in total. The van der Waals surface area contributed by atoms with E-state index in [1.165, 1.54) is 35.6 Å². The smallest absolute Gasteiger partial charge is 0.255 e. The molecule has 1 aliphatic heterocycles. The highest BCUT2D eigenvalue weighted by Crippen LogP contribution is 2.36. The number of aromatic nitrogens is 4. The Morgan fingerprint density at radius 1 is 0.977 bits per heavy atom. The van der Waals surface area contributed by atoms with Gasteiger partial charge in [-0.2, -0.15) is 0 Å². The maximum Gasteiger partial charge on any atom is 0.255 e. The van der Waals surface area contributed by atoms with Gasteiger partial charge >= 0.3 is 0 Å². The summed E-state index contributed by atoms with van der Waals surface area (Å²) in [5.41, 5.74) is 12.5. The highest BCUT2D eigenvalue weighted by molar-refractivity contribution is 6.01. The van der Waals surface area contributed by atoms with Crippen molar-refractivity contribution in [2.75, 3.05) is 5.73 Å². The second-order valence-corrected chi connectivity index (χ2v) is 9.84. The zero-order valence-electron chi connectivity index (χ0n) is 22.7. The molecule has 0 spiro atoms. The van der Waals surface area contributed by atoms with Crippen molar-refractivity contribution < 1.29 is 22.8 Å². The molecule has 12 heteroatoms. The summed E-state index contributed by atoms with van der Waals surface area (Å²) >= 11 is 0. The van der Waals surface area contributed by atoms with Gasteiger partial charge in [-0.3, -0.25) is 9.59 Å². The van der Waals surface area contributed by atoms with E-state index in [1.54, 1.807) is 12.3 Å². The number of halogens is 3. The molecule has 4 heterocycles. The Hall–Kier alpha value is -6.14. The number of rotatable bonds is 4. The van der Waals surface area contributed by atoms with Gasteiger partial charge in [-0.15, -0.1) is 0 Å². The van der Waals surface area contributed by atoms with Crippen molar-refractivity contribution in [2.24, 2.45) is 5.73 Å². The van der Waals surface area contributed by atoms with Crippen molar-refractivity contribution in [1.82, 2.24) is 24.8 Å². The van der Waals surface area contributed by atoms with E-state index in [-0.39, 0.29) is 46.7 Å². The molecule has 0 saturated heterocycles. The zero-order chi connectivity index (χ0) is 31.0. The summed E-state index contributed by atoms with van der Waals surface area (Å²) in [4.78, 5) is 41.8. The second-order valence-electron chi connectivity index (χ2n) is 9.84. The molecule has 1 unspecified atom stereocenters. The fraction of sp³-hybridized carbons (Fsp3) is 0.0938. The van der Waals surface area contributed by atoms with Crippen LogP contribution in [0.4, 0.5) is 19.1 Å². The summed E-state index contributed by atoms with van der Waals surface area (Å²) in [6.07, 6.45) is 5.54. The maximum absolute atomic E-state index is 15.3. The molecular formula is C32H20F3N7O2. The van der Waals surface area contributed by atoms with Gasteiger partial charge in [0.05, 0.1) is 23.7 Å². The number of carbonyl (C=O) groups is 2. The summed E-state index contributed by atoms with van der Waals surface area (Å²) in [5.74, 6) is 7.91. The normalized spacial score (nSPS) is 12.7. The molecule has 2 amide bonds. The number of anilines is 1. The third-order valence-corrected chi connectivity index (χ3v) is 7.09. The number of fused-ring (bicyclic) bond motifs is 2. The van der Waals surface area contributed by atoms with Crippen molar-refractivity contribution in [1.29, 1.82) is 0 Å². The molecule has 0 fully saturated rings. The number of nitrogen functional groups attached to an aromatic ring is 1. The summed E-state index contributed by atoms with van der Waals surface area (Å²) in [5, 5.41) is 0.535. The first-order valence-corrected chi connectivity index (χ1v) is 13.1. The number of pyridine rings is 1. The number of H-pyrrole nitrogens is 1. The second kappa shape index (κ2) is 11.3. The van der Waals surface area contributed by atoms with Gasteiger partial charge in [-0.1, -0.05) is 23.7 Å². The standard InChI is InChI=1S/C32H20F3N7O2/c33-19-6-7-26(34)23(12-19)28(3-1-2-20-21-8-9-38-30(21)39-15-24(20)29(36)43)42-16-25-22(31(42)44)10-17(11-27(25)35)4-5-18-13-40-32(37)41-14-18/h6-15,28H,3,16H2,(H2,36,43)(H,38,39)(H2,37,40,41). The SMILES string of the molecule is NC(=O)c1cnc2[nH]ccc2c1C#CCC(c1cc(F)ccc1F)N1Cc2c(F)cc(C#Cc3cnc(N)nc3)cc2C1=O. The third-order valence-electron chi connectivity index (χ3n) is 7.09. The third kappa shape index (κ3) is 5.28. The van der Waals surface area contributed by atoms with Crippen LogP contribution in [-0.2, 0) is 6.54 Å². The number of aromatic amines is 1. The number of hydrogen-bond donors (Lipinski definition) is 3. The van der Waals surface area contributed by atoms with E-state index in [0.29, 0.717) is 22.2 Å². The lowest BCUT2D eigenvalue weighted by Gasteiger charge is -2.27. The maximum atomic E-state index is 15.3. The zero-order valence-corrected chi connectivity index (χ0v) is 22.7. The van der Waals surface area contributed by atoms with Gasteiger partial charge in [0, 0.05) is 64.4 Å². The van der Waals surface area contributed by atoms with Crippen LogP contribution in [0.3, 0.4) is 0 Å². The molecule has 1 aliphatic rings. The van der Waals surface area contributed by atoms with Crippen LogP contribution in [0, 0.1) is 41.1 Å². The largest absolute Gasteiger partial charge is 0.368 e. The molecule has 3 aromatic heterocycles. The van der Waals surface area contributed by atoms with Gasteiger partial charge in [-0.25, -0.2) is 28.1 Å². The Kier molecular flexibility index (Phi) is 7.17. The highest BCUT2D eigenvalue weighted by Gasteiger charge is 2.36. The van der Waals surface area contributed by atoms with Gasteiger partial charge < -0.3 is 21.4 Å².